The van der Waals surface area contributed by atoms with E-state index in [-0.39, 0.29) is 0 Å². The summed E-state index contributed by atoms with van der Waals surface area (Å²) < 4.78 is 5.78. The summed E-state index contributed by atoms with van der Waals surface area (Å²) in [6.07, 6.45) is 19.1. The molecule has 0 amide bonds. The molecule has 1 unspecified atom stereocenters. The third-order valence-corrected chi connectivity index (χ3v) is 4.73. The van der Waals surface area contributed by atoms with Crippen molar-refractivity contribution >= 4 is 23.6 Å². The van der Waals surface area contributed by atoms with Gasteiger partial charge in [0.1, 0.15) is 0 Å². The molecule has 4 aliphatic rings. The Morgan fingerprint density at radius 1 is 0.923 bits per heavy atom. The van der Waals surface area contributed by atoms with E-state index in [2.05, 4.69) is 26.4 Å². The van der Waals surface area contributed by atoms with Gasteiger partial charge in [0.05, 0.1) is 22.8 Å². The van der Waals surface area contributed by atoms with Crippen LogP contribution in [0.4, 0.5) is 0 Å². The average Bonchev–Trinajstić information content (AvgIpc) is 3.40. The van der Waals surface area contributed by atoms with Crippen LogP contribution in [0.3, 0.4) is 0 Å². The summed E-state index contributed by atoms with van der Waals surface area (Å²) in [6.45, 7) is 0. The zero-order chi connectivity index (χ0) is 17.6. The standard InChI is InChI=1S/C21H18N4O/c1-26-21-9-8-19(25-21)12-18-5-4-15(23-18)10-14-2-3-16(22-14)11-17-6-7-20(13-21)24-17/h2-8,10-13,22,25H,9H2,1H3. The molecule has 0 spiro atoms. The third kappa shape index (κ3) is 2.72. The van der Waals surface area contributed by atoms with Crippen LogP contribution in [0.15, 0.2) is 81.7 Å². The fourth-order valence-electron chi connectivity index (χ4n) is 3.42. The third-order valence-electron chi connectivity index (χ3n) is 4.73. The van der Waals surface area contributed by atoms with Gasteiger partial charge in [-0.25, -0.2) is 9.98 Å². The van der Waals surface area contributed by atoms with Crippen molar-refractivity contribution in [1.82, 2.24) is 10.3 Å². The average molecular weight is 342 g/mol. The van der Waals surface area contributed by atoms with E-state index in [9.17, 15) is 0 Å². The Morgan fingerprint density at radius 2 is 1.62 bits per heavy atom. The van der Waals surface area contributed by atoms with E-state index in [1.165, 1.54) is 0 Å². The van der Waals surface area contributed by atoms with E-state index >= 15 is 0 Å². The molecular formula is C21H18N4O. The minimum atomic E-state index is -0.581. The highest BCUT2D eigenvalue weighted by Gasteiger charge is 2.32. The molecule has 0 aromatic carbocycles. The largest absolute Gasteiger partial charge is 0.355 e. The van der Waals surface area contributed by atoms with Crippen molar-refractivity contribution in [3.05, 3.63) is 82.5 Å². The molecule has 5 heteroatoms. The van der Waals surface area contributed by atoms with Crippen molar-refractivity contribution in [1.29, 1.82) is 0 Å². The Balaban J connectivity index is 1.67. The van der Waals surface area contributed by atoms with E-state index in [4.69, 9.17) is 4.74 Å². The zero-order valence-corrected chi connectivity index (χ0v) is 14.4. The molecule has 26 heavy (non-hydrogen) atoms. The number of nitrogens with one attached hydrogen (secondary N) is 2. The fourth-order valence-corrected chi connectivity index (χ4v) is 3.42. The summed E-state index contributed by atoms with van der Waals surface area (Å²) in [5.74, 6) is 0. The van der Waals surface area contributed by atoms with E-state index in [0.717, 1.165) is 45.6 Å². The first-order valence-corrected chi connectivity index (χ1v) is 8.60. The lowest BCUT2D eigenvalue weighted by molar-refractivity contribution is 0.0223. The predicted molar refractivity (Wildman–Crippen MR) is 104 cm³/mol. The van der Waals surface area contributed by atoms with Crippen molar-refractivity contribution in [3.63, 3.8) is 0 Å². The lowest BCUT2D eigenvalue weighted by atomic mass is 10.1. The summed E-state index contributed by atoms with van der Waals surface area (Å²) in [6, 6.07) is 4.09. The molecule has 128 valence electrons. The Labute approximate surface area is 150 Å². The van der Waals surface area contributed by atoms with Crippen molar-refractivity contribution in [3.8, 4) is 0 Å². The molecule has 8 bridgehead atoms. The van der Waals surface area contributed by atoms with Gasteiger partial charge >= 0.3 is 0 Å². The van der Waals surface area contributed by atoms with Gasteiger partial charge in [0.15, 0.2) is 5.72 Å². The first kappa shape index (κ1) is 15.1. The van der Waals surface area contributed by atoms with Gasteiger partial charge in [-0.15, -0.1) is 0 Å². The smallest absolute Gasteiger partial charge is 0.163 e. The van der Waals surface area contributed by atoms with Crippen molar-refractivity contribution in [2.45, 2.75) is 12.1 Å². The Morgan fingerprint density at radius 3 is 2.35 bits per heavy atom. The monoisotopic (exact) mass is 342 g/mol. The lowest BCUT2D eigenvalue weighted by Gasteiger charge is -2.26. The zero-order valence-electron chi connectivity index (χ0n) is 14.4. The number of methoxy groups -OCH3 is 1. The van der Waals surface area contributed by atoms with E-state index < -0.39 is 5.72 Å². The molecule has 0 saturated carbocycles. The number of hydrogen-bond donors (Lipinski definition) is 2. The maximum Gasteiger partial charge on any atom is 0.163 e. The van der Waals surface area contributed by atoms with Crippen molar-refractivity contribution in [2.75, 3.05) is 7.11 Å². The Bertz CT molecular complexity index is 1120. The summed E-state index contributed by atoms with van der Waals surface area (Å²) >= 11 is 0. The summed E-state index contributed by atoms with van der Waals surface area (Å²) in [4.78, 5) is 12.7. The second kappa shape index (κ2) is 5.68. The van der Waals surface area contributed by atoms with Gasteiger partial charge in [0.2, 0.25) is 0 Å². The minimum Gasteiger partial charge on any atom is -0.355 e. The highest BCUT2D eigenvalue weighted by Crippen LogP contribution is 2.28. The second-order valence-corrected chi connectivity index (χ2v) is 6.62. The van der Waals surface area contributed by atoms with Gasteiger partial charge in [-0.3, -0.25) is 0 Å². The first-order valence-electron chi connectivity index (χ1n) is 8.60. The van der Waals surface area contributed by atoms with Gasteiger partial charge in [-0.2, -0.15) is 0 Å². The molecule has 5 nitrogen and oxygen atoms in total. The normalized spacial score (nSPS) is 25.5. The number of aromatic amines is 1. The Hall–Kier alpha value is -3.18. The Kier molecular flexibility index (Phi) is 3.30. The number of rotatable bonds is 1. The quantitative estimate of drug-likeness (QED) is 0.814. The predicted octanol–water partition coefficient (Wildman–Crippen LogP) is 1.60. The molecular weight excluding hydrogens is 324 g/mol. The first-order chi connectivity index (χ1) is 12.7. The number of aliphatic imine (C=N–C) groups is 2. The molecule has 1 aromatic heterocycles. The molecule has 5 heterocycles. The van der Waals surface area contributed by atoms with Gasteiger partial charge in [-0.1, -0.05) is 6.08 Å². The number of ether oxygens (including phenoxy) is 1. The highest BCUT2D eigenvalue weighted by molar-refractivity contribution is 6.20. The van der Waals surface area contributed by atoms with Crippen LogP contribution in [0.5, 0.6) is 0 Å². The minimum absolute atomic E-state index is 0.581. The molecule has 1 atom stereocenters. The van der Waals surface area contributed by atoms with Crippen LogP contribution >= 0.6 is 0 Å². The molecule has 0 aliphatic carbocycles. The molecule has 0 radical (unpaired) electrons. The fraction of sp³-hybridized carbons (Fsp3) is 0.143. The van der Waals surface area contributed by atoms with Gasteiger partial charge in [0, 0.05) is 29.9 Å². The summed E-state index contributed by atoms with van der Waals surface area (Å²) in [5, 5.41) is 5.48. The van der Waals surface area contributed by atoms with Crippen molar-refractivity contribution in [2.24, 2.45) is 9.98 Å². The number of nitrogens with zero attached hydrogens (tertiary/aromatic N) is 2. The highest BCUT2D eigenvalue weighted by atomic mass is 16.5. The van der Waals surface area contributed by atoms with Crippen LogP contribution in [-0.2, 0) is 4.74 Å². The second-order valence-electron chi connectivity index (χ2n) is 6.62. The van der Waals surface area contributed by atoms with Crippen LogP contribution in [0.2, 0.25) is 0 Å². The van der Waals surface area contributed by atoms with Crippen molar-refractivity contribution < 1.29 is 4.74 Å². The van der Waals surface area contributed by atoms with Crippen LogP contribution < -0.4 is 16.0 Å². The summed E-state index contributed by atoms with van der Waals surface area (Å²) in [5.41, 5.74) is 4.06. The maximum absolute atomic E-state index is 5.78. The molecule has 0 fully saturated rings. The molecule has 4 aliphatic heterocycles. The van der Waals surface area contributed by atoms with E-state index in [1.54, 1.807) is 7.11 Å². The van der Waals surface area contributed by atoms with Gasteiger partial charge in [0.25, 0.3) is 0 Å². The number of aromatic nitrogens is 1. The van der Waals surface area contributed by atoms with E-state index in [0.29, 0.717) is 0 Å². The maximum atomic E-state index is 5.78. The SMILES string of the molecule is COC12C=C3C=CC(=N3)C=c3ccc([nH]3)=CC3=NC(=CC(=CC1)N2)C=C3. The number of H-pyrrole nitrogens is 1. The van der Waals surface area contributed by atoms with Crippen LogP contribution in [0, 0.1) is 0 Å². The number of allylic oxidation sites excluding steroid dienone is 5. The number of fused-ring (bicyclic) bond motifs is 6. The summed E-state index contributed by atoms with van der Waals surface area (Å²) in [7, 11) is 1.71. The molecule has 1 aromatic rings. The lowest BCUT2D eigenvalue weighted by Crippen LogP contribution is -2.40. The van der Waals surface area contributed by atoms with Gasteiger partial charge in [-0.05, 0) is 60.7 Å². The molecule has 0 saturated heterocycles. The number of hydrogen-bond acceptors (Lipinski definition) is 4. The molecule has 5 rings (SSSR count). The topological polar surface area (TPSA) is 61.8 Å². The van der Waals surface area contributed by atoms with Gasteiger partial charge < -0.3 is 15.0 Å². The van der Waals surface area contributed by atoms with E-state index in [1.807, 2.05) is 60.7 Å². The van der Waals surface area contributed by atoms with Crippen LogP contribution in [-0.4, -0.2) is 29.2 Å². The molecule has 2 N–H and O–H groups in total. The van der Waals surface area contributed by atoms with Crippen LogP contribution in [0.1, 0.15) is 6.42 Å². The van der Waals surface area contributed by atoms with Crippen LogP contribution in [0.25, 0.3) is 12.2 Å².